The second kappa shape index (κ2) is 4.77. The van der Waals surface area contributed by atoms with Crippen LogP contribution in [-0.2, 0) is 11.3 Å². The van der Waals surface area contributed by atoms with Gasteiger partial charge < -0.3 is 10.5 Å². The zero-order valence-electron chi connectivity index (χ0n) is 8.79. The number of aryl methyl sites for hydroxylation is 2. The van der Waals surface area contributed by atoms with Crippen molar-refractivity contribution >= 4 is 11.7 Å². The van der Waals surface area contributed by atoms with Gasteiger partial charge in [-0.15, -0.1) is 0 Å². The molecule has 2 N–H and O–H groups in total. The molecule has 0 aliphatic heterocycles. The molecule has 1 heterocycles. The van der Waals surface area contributed by atoms with E-state index in [-0.39, 0.29) is 12.3 Å². The second-order valence-corrected chi connectivity index (χ2v) is 2.99. The van der Waals surface area contributed by atoms with E-state index < -0.39 is 12.6 Å². The Morgan fingerprint density at radius 3 is 2.87 bits per heavy atom. The Balaban J connectivity index is 2.96. The summed E-state index contributed by atoms with van der Waals surface area (Å²) in [5.41, 5.74) is 6.74. The van der Waals surface area contributed by atoms with Gasteiger partial charge in [0, 0.05) is 6.54 Å². The first-order chi connectivity index (χ1) is 7.11. The fourth-order valence-electron chi connectivity index (χ4n) is 1.24. The van der Waals surface area contributed by atoms with E-state index in [1.54, 1.807) is 6.92 Å². The number of nitrogens with zero attached hydrogens (tertiary/aromatic N) is 2. The normalized spacial score (nSPS) is 10.3. The minimum absolute atomic E-state index is 0.198. The van der Waals surface area contributed by atoms with Gasteiger partial charge in [0.05, 0.1) is 11.4 Å². The monoisotopic (exact) mass is 215 g/mol. The number of carbonyl (C=O) groups excluding carboxylic acids is 1. The molecule has 1 aromatic heterocycles. The summed E-state index contributed by atoms with van der Waals surface area (Å²) < 4.78 is 17.9. The van der Waals surface area contributed by atoms with Crippen molar-refractivity contribution in [1.29, 1.82) is 0 Å². The van der Waals surface area contributed by atoms with Crippen LogP contribution < -0.4 is 5.73 Å². The molecule has 0 fully saturated rings. The smallest absolute Gasteiger partial charge is 0.358 e. The number of aromatic nitrogens is 2. The van der Waals surface area contributed by atoms with Gasteiger partial charge in [-0.05, 0) is 13.8 Å². The summed E-state index contributed by atoms with van der Waals surface area (Å²) in [6.07, 6.45) is 0. The zero-order valence-corrected chi connectivity index (χ0v) is 8.79. The number of carbonyl (C=O) groups is 1. The fraction of sp³-hybridized carbons (Fsp3) is 0.556. The van der Waals surface area contributed by atoms with Crippen molar-refractivity contribution in [2.45, 2.75) is 20.4 Å². The zero-order chi connectivity index (χ0) is 11.4. The van der Waals surface area contributed by atoms with E-state index in [2.05, 4.69) is 9.84 Å². The van der Waals surface area contributed by atoms with Crippen LogP contribution in [0.2, 0.25) is 0 Å². The van der Waals surface area contributed by atoms with Gasteiger partial charge in [-0.3, -0.25) is 4.68 Å². The number of halogens is 1. The SMILES string of the molecule is CCn1nc(C)c(N)c1C(=O)OCCF. The van der Waals surface area contributed by atoms with E-state index in [0.29, 0.717) is 17.9 Å². The van der Waals surface area contributed by atoms with E-state index in [0.717, 1.165) is 0 Å². The summed E-state index contributed by atoms with van der Waals surface area (Å²) in [5, 5.41) is 4.05. The number of hydrogen-bond donors (Lipinski definition) is 1. The van der Waals surface area contributed by atoms with Crippen LogP contribution in [-0.4, -0.2) is 29.0 Å². The lowest BCUT2D eigenvalue weighted by Crippen LogP contribution is -2.15. The lowest BCUT2D eigenvalue weighted by Gasteiger charge is -2.04. The Bertz CT molecular complexity index is 362. The average Bonchev–Trinajstić information content (AvgIpc) is 2.51. The van der Waals surface area contributed by atoms with Crippen LogP contribution in [0.3, 0.4) is 0 Å². The third-order valence-electron chi connectivity index (χ3n) is 1.98. The highest BCUT2D eigenvalue weighted by atomic mass is 19.1. The van der Waals surface area contributed by atoms with Crippen LogP contribution in [0.5, 0.6) is 0 Å². The molecule has 1 aromatic rings. The molecule has 0 spiro atoms. The molecule has 15 heavy (non-hydrogen) atoms. The van der Waals surface area contributed by atoms with Crippen molar-refractivity contribution in [3.05, 3.63) is 11.4 Å². The lowest BCUT2D eigenvalue weighted by atomic mass is 10.3. The van der Waals surface area contributed by atoms with E-state index in [4.69, 9.17) is 5.73 Å². The maximum atomic E-state index is 11.8. The molecule has 0 amide bonds. The standard InChI is InChI=1S/C9H14FN3O2/c1-3-13-8(7(11)6(2)12-13)9(14)15-5-4-10/h3-5,11H2,1-2H3. The van der Waals surface area contributed by atoms with Crippen molar-refractivity contribution < 1.29 is 13.9 Å². The van der Waals surface area contributed by atoms with Gasteiger partial charge in [0.2, 0.25) is 0 Å². The first kappa shape index (κ1) is 11.5. The van der Waals surface area contributed by atoms with Crippen LogP contribution in [0.25, 0.3) is 0 Å². The molecule has 0 saturated heterocycles. The molecule has 0 unspecified atom stereocenters. The molecule has 0 aliphatic carbocycles. The van der Waals surface area contributed by atoms with Crippen molar-refractivity contribution in [2.24, 2.45) is 0 Å². The summed E-state index contributed by atoms with van der Waals surface area (Å²) in [4.78, 5) is 11.5. The van der Waals surface area contributed by atoms with Crippen molar-refractivity contribution in [2.75, 3.05) is 19.0 Å². The van der Waals surface area contributed by atoms with Crippen LogP contribution in [0, 0.1) is 6.92 Å². The highest BCUT2D eigenvalue weighted by Gasteiger charge is 2.20. The van der Waals surface area contributed by atoms with Gasteiger partial charge in [-0.25, -0.2) is 9.18 Å². The maximum absolute atomic E-state index is 11.8. The number of esters is 1. The Morgan fingerprint density at radius 1 is 1.67 bits per heavy atom. The number of anilines is 1. The van der Waals surface area contributed by atoms with Gasteiger partial charge >= 0.3 is 5.97 Å². The first-order valence-corrected chi connectivity index (χ1v) is 4.67. The molecule has 0 aromatic carbocycles. The summed E-state index contributed by atoms with van der Waals surface area (Å²) in [6, 6.07) is 0. The molecule has 0 saturated carbocycles. The molecular weight excluding hydrogens is 201 g/mol. The average molecular weight is 215 g/mol. The Morgan fingerprint density at radius 2 is 2.33 bits per heavy atom. The van der Waals surface area contributed by atoms with Crippen molar-refractivity contribution in [1.82, 2.24) is 9.78 Å². The highest BCUT2D eigenvalue weighted by Crippen LogP contribution is 2.17. The molecule has 1 rings (SSSR count). The summed E-state index contributed by atoms with van der Waals surface area (Å²) >= 11 is 0. The molecular formula is C9H14FN3O2. The van der Waals surface area contributed by atoms with Crippen LogP contribution in [0.1, 0.15) is 23.1 Å². The molecule has 0 radical (unpaired) electrons. The van der Waals surface area contributed by atoms with Crippen LogP contribution >= 0.6 is 0 Å². The predicted molar refractivity (Wildman–Crippen MR) is 53.3 cm³/mol. The quantitative estimate of drug-likeness (QED) is 0.758. The van der Waals surface area contributed by atoms with Crippen LogP contribution in [0.15, 0.2) is 0 Å². The topological polar surface area (TPSA) is 70.1 Å². The van der Waals surface area contributed by atoms with Gasteiger partial charge in [0.25, 0.3) is 0 Å². The van der Waals surface area contributed by atoms with Gasteiger partial charge in [0.15, 0.2) is 5.69 Å². The van der Waals surface area contributed by atoms with Crippen molar-refractivity contribution in [3.8, 4) is 0 Å². The molecule has 84 valence electrons. The number of nitrogen functional groups attached to an aromatic ring is 1. The molecule has 0 aliphatic rings. The molecule has 6 heteroatoms. The Hall–Kier alpha value is -1.59. The molecule has 0 atom stereocenters. The van der Waals surface area contributed by atoms with E-state index in [1.165, 1.54) is 4.68 Å². The van der Waals surface area contributed by atoms with Crippen LogP contribution in [0.4, 0.5) is 10.1 Å². The molecule has 5 nitrogen and oxygen atoms in total. The Labute approximate surface area is 87.0 Å². The number of nitrogens with two attached hydrogens (primary N) is 1. The number of rotatable bonds is 4. The maximum Gasteiger partial charge on any atom is 0.358 e. The third kappa shape index (κ3) is 2.26. The number of ether oxygens (including phenoxy) is 1. The first-order valence-electron chi connectivity index (χ1n) is 4.67. The molecule has 0 bridgehead atoms. The second-order valence-electron chi connectivity index (χ2n) is 2.99. The lowest BCUT2D eigenvalue weighted by molar-refractivity contribution is 0.0468. The summed E-state index contributed by atoms with van der Waals surface area (Å²) in [6.45, 7) is 3.08. The van der Waals surface area contributed by atoms with E-state index in [1.807, 2.05) is 6.92 Å². The van der Waals surface area contributed by atoms with Crippen molar-refractivity contribution in [3.63, 3.8) is 0 Å². The minimum atomic E-state index is -0.703. The van der Waals surface area contributed by atoms with E-state index in [9.17, 15) is 9.18 Å². The largest absolute Gasteiger partial charge is 0.458 e. The fourth-order valence-corrected chi connectivity index (χ4v) is 1.24. The number of alkyl halides is 1. The van der Waals surface area contributed by atoms with Gasteiger partial charge in [0.1, 0.15) is 13.3 Å². The predicted octanol–water partition coefficient (Wildman–Crippen LogP) is 0.920. The summed E-state index contributed by atoms with van der Waals surface area (Å²) in [7, 11) is 0. The summed E-state index contributed by atoms with van der Waals surface area (Å²) in [5.74, 6) is -0.632. The minimum Gasteiger partial charge on any atom is -0.458 e. The Kier molecular flexibility index (Phi) is 3.65. The van der Waals surface area contributed by atoms with Gasteiger partial charge in [-0.1, -0.05) is 0 Å². The third-order valence-corrected chi connectivity index (χ3v) is 1.98. The van der Waals surface area contributed by atoms with E-state index >= 15 is 0 Å². The highest BCUT2D eigenvalue weighted by molar-refractivity contribution is 5.93. The number of hydrogen-bond acceptors (Lipinski definition) is 4. The van der Waals surface area contributed by atoms with Gasteiger partial charge in [-0.2, -0.15) is 5.10 Å².